The van der Waals surface area contributed by atoms with Crippen LogP contribution in [0.15, 0.2) is 30.7 Å². The van der Waals surface area contributed by atoms with Gasteiger partial charge in [-0.25, -0.2) is 4.98 Å². The molecule has 92 valence electrons. The highest BCUT2D eigenvalue weighted by Gasteiger charge is 2.12. The summed E-state index contributed by atoms with van der Waals surface area (Å²) in [6, 6.07) is 4.16. The van der Waals surface area contributed by atoms with Crippen molar-refractivity contribution in [3.63, 3.8) is 0 Å². The van der Waals surface area contributed by atoms with Crippen LogP contribution in [-0.2, 0) is 13.0 Å². The molecule has 2 aromatic heterocycles. The van der Waals surface area contributed by atoms with Crippen molar-refractivity contribution < 1.29 is 0 Å². The van der Waals surface area contributed by atoms with Crippen LogP contribution in [0.3, 0.4) is 0 Å². The predicted octanol–water partition coefficient (Wildman–Crippen LogP) is 1.96. The smallest absolute Gasteiger partial charge is 0.129 e. The van der Waals surface area contributed by atoms with Gasteiger partial charge in [0.25, 0.3) is 0 Å². The summed E-state index contributed by atoms with van der Waals surface area (Å²) >= 11 is 0. The number of hydrogen-bond donors (Lipinski definition) is 2. The zero-order chi connectivity index (χ0) is 12.4. The fourth-order valence-electron chi connectivity index (χ4n) is 2.35. The topological polar surface area (TPSA) is 63.8 Å². The highest BCUT2D eigenvalue weighted by atomic mass is 15.0. The number of anilines is 1. The molecule has 1 aliphatic rings. The number of rotatable bonds is 2. The lowest BCUT2D eigenvalue weighted by Crippen LogP contribution is -2.13. The largest absolute Gasteiger partial charge is 0.370 e. The van der Waals surface area contributed by atoms with E-state index in [4.69, 9.17) is 5.73 Å². The second kappa shape index (κ2) is 4.74. The molecule has 3 N–H and O–H groups in total. The number of hydrogen-bond acceptors (Lipinski definition) is 4. The van der Waals surface area contributed by atoms with Gasteiger partial charge in [0.2, 0.25) is 0 Å². The summed E-state index contributed by atoms with van der Waals surface area (Å²) in [5, 5.41) is 3.32. The molecule has 0 saturated heterocycles. The minimum Gasteiger partial charge on any atom is -0.370 e. The minimum absolute atomic E-state index is 0.521. The maximum atomic E-state index is 5.77. The van der Waals surface area contributed by atoms with Gasteiger partial charge in [0.15, 0.2) is 0 Å². The first-order valence-corrected chi connectivity index (χ1v) is 6.24. The van der Waals surface area contributed by atoms with Crippen LogP contribution in [-0.4, -0.2) is 16.5 Å². The third-order valence-electron chi connectivity index (χ3n) is 3.32. The van der Waals surface area contributed by atoms with Crippen LogP contribution < -0.4 is 11.1 Å². The first-order chi connectivity index (χ1) is 8.88. The fraction of sp³-hybridized carbons (Fsp3) is 0.286. The van der Waals surface area contributed by atoms with Crippen LogP contribution in [0.4, 0.5) is 5.82 Å². The number of pyridine rings is 2. The Balaban J connectivity index is 2.06. The molecular weight excluding hydrogens is 224 g/mol. The molecule has 0 unspecified atom stereocenters. The average molecular weight is 240 g/mol. The number of aryl methyl sites for hydroxylation is 1. The molecule has 0 aromatic carbocycles. The van der Waals surface area contributed by atoms with Gasteiger partial charge < -0.3 is 11.1 Å². The Bertz CT molecular complexity index is 565. The molecule has 0 spiro atoms. The molecular formula is C14H16N4. The highest BCUT2D eigenvalue weighted by molar-refractivity contribution is 5.68. The molecule has 3 heterocycles. The van der Waals surface area contributed by atoms with Crippen molar-refractivity contribution in [2.24, 2.45) is 5.73 Å². The van der Waals surface area contributed by atoms with Gasteiger partial charge in [0.1, 0.15) is 5.82 Å². The van der Waals surface area contributed by atoms with E-state index in [1.54, 1.807) is 6.20 Å². The zero-order valence-corrected chi connectivity index (χ0v) is 10.2. The van der Waals surface area contributed by atoms with Crippen molar-refractivity contribution in [3.05, 3.63) is 41.9 Å². The van der Waals surface area contributed by atoms with Gasteiger partial charge in [0, 0.05) is 42.8 Å². The predicted molar refractivity (Wildman–Crippen MR) is 72.2 cm³/mol. The van der Waals surface area contributed by atoms with Crippen molar-refractivity contribution in [2.75, 3.05) is 11.9 Å². The third kappa shape index (κ3) is 1.95. The average Bonchev–Trinajstić information content (AvgIpc) is 2.46. The highest BCUT2D eigenvalue weighted by Crippen LogP contribution is 2.27. The molecule has 0 saturated carbocycles. The molecule has 0 radical (unpaired) electrons. The number of aromatic nitrogens is 2. The maximum absolute atomic E-state index is 5.77. The fourth-order valence-corrected chi connectivity index (χ4v) is 2.35. The van der Waals surface area contributed by atoms with Gasteiger partial charge in [-0.05, 0) is 36.1 Å². The van der Waals surface area contributed by atoms with E-state index in [1.165, 1.54) is 5.56 Å². The van der Waals surface area contributed by atoms with Crippen molar-refractivity contribution in [1.29, 1.82) is 0 Å². The SMILES string of the molecule is NCc1ccncc1-c1cnc2c(c1)CCCN2. The monoisotopic (exact) mass is 240 g/mol. The lowest BCUT2D eigenvalue weighted by atomic mass is 9.99. The number of nitrogens with one attached hydrogen (secondary N) is 1. The Morgan fingerprint density at radius 1 is 1.33 bits per heavy atom. The Labute approximate surface area is 106 Å². The Morgan fingerprint density at radius 3 is 3.17 bits per heavy atom. The minimum atomic E-state index is 0.521. The van der Waals surface area contributed by atoms with Crippen LogP contribution in [0.1, 0.15) is 17.5 Å². The molecule has 0 amide bonds. The van der Waals surface area contributed by atoms with Crippen LogP contribution in [0.5, 0.6) is 0 Å². The summed E-state index contributed by atoms with van der Waals surface area (Å²) in [5.74, 6) is 1.02. The summed E-state index contributed by atoms with van der Waals surface area (Å²) in [6.45, 7) is 1.54. The molecule has 0 atom stereocenters. The van der Waals surface area contributed by atoms with Crippen molar-refractivity contribution in [2.45, 2.75) is 19.4 Å². The van der Waals surface area contributed by atoms with Crippen molar-refractivity contribution >= 4 is 5.82 Å². The van der Waals surface area contributed by atoms with Gasteiger partial charge in [-0.2, -0.15) is 0 Å². The standard InChI is InChI=1S/C14H16N4/c15-7-11-3-5-16-9-13(11)12-6-10-2-1-4-17-14(10)18-8-12/h3,5-6,8-9H,1-2,4,7,15H2,(H,17,18). The molecule has 0 fully saturated rings. The summed E-state index contributed by atoms with van der Waals surface area (Å²) < 4.78 is 0. The third-order valence-corrected chi connectivity index (χ3v) is 3.32. The normalized spacial score (nSPS) is 13.8. The molecule has 4 heteroatoms. The zero-order valence-electron chi connectivity index (χ0n) is 10.2. The molecule has 3 rings (SSSR count). The molecule has 0 aliphatic carbocycles. The van der Waals surface area contributed by atoms with Gasteiger partial charge in [-0.15, -0.1) is 0 Å². The van der Waals surface area contributed by atoms with E-state index in [1.807, 2.05) is 18.5 Å². The van der Waals surface area contributed by atoms with E-state index >= 15 is 0 Å². The van der Waals surface area contributed by atoms with E-state index in [0.29, 0.717) is 6.54 Å². The van der Waals surface area contributed by atoms with Gasteiger partial charge in [0.05, 0.1) is 0 Å². The van der Waals surface area contributed by atoms with Crippen molar-refractivity contribution in [3.8, 4) is 11.1 Å². The van der Waals surface area contributed by atoms with E-state index in [9.17, 15) is 0 Å². The second-order valence-electron chi connectivity index (χ2n) is 4.50. The lowest BCUT2D eigenvalue weighted by Gasteiger charge is -2.18. The van der Waals surface area contributed by atoms with Crippen LogP contribution >= 0.6 is 0 Å². The van der Waals surface area contributed by atoms with E-state index in [2.05, 4.69) is 21.4 Å². The molecule has 0 bridgehead atoms. The van der Waals surface area contributed by atoms with Gasteiger partial charge >= 0.3 is 0 Å². The van der Waals surface area contributed by atoms with Gasteiger partial charge in [-0.3, -0.25) is 4.98 Å². The Kier molecular flexibility index (Phi) is 2.94. The molecule has 2 aromatic rings. The molecule has 1 aliphatic heterocycles. The maximum Gasteiger partial charge on any atom is 0.129 e. The number of nitrogens with two attached hydrogens (primary N) is 1. The number of nitrogens with zero attached hydrogens (tertiary/aromatic N) is 2. The quantitative estimate of drug-likeness (QED) is 0.842. The summed E-state index contributed by atoms with van der Waals surface area (Å²) in [7, 11) is 0. The first kappa shape index (κ1) is 11.2. The van der Waals surface area contributed by atoms with E-state index in [-0.39, 0.29) is 0 Å². The molecule has 4 nitrogen and oxygen atoms in total. The lowest BCUT2D eigenvalue weighted by molar-refractivity contribution is 0.818. The van der Waals surface area contributed by atoms with Gasteiger partial charge in [-0.1, -0.05) is 0 Å². The van der Waals surface area contributed by atoms with Crippen molar-refractivity contribution in [1.82, 2.24) is 9.97 Å². The first-order valence-electron chi connectivity index (χ1n) is 6.24. The van der Waals surface area contributed by atoms with Crippen LogP contribution in [0, 0.1) is 0 Å². The second-order valence-corrected chi connectivity index (χ2v) is 4.50. The van der Waals surface area contributed by atoms with E-state index < -0.39 is 0 Å². The number of fused-ring (bicyclic) bond motifs is 1. The van der Waals surface area contributed by atoms with E-state index in [0.717, 1.165) is 41.9 Å². The Hall–Kier alpha value is -1.94. The molecule has 18 heavy (non-hydrogen) atoms. The Morgan fingerprint density at radius 2 is 2.28 bits per heavy atom. The van der Waals surface area contributed by atoms with Crippen LogP contribution in [0.2, 0.25) is 0 Å². The summed E-state index contributed by atoms with van der Waals surface area (Å²) in [4.78, 5) is 8.67. The van der Waals surface area contributed by atoms with Crippen LogP contribution in [0.25, 0.3) is 11.1 Å². The summed E-state index contributed by atoms with van der Waals surface area (Å²) in [6.07, 6.45) is 7.78. The summed E-state index contributed by atoms with van der Waals surface area (Å²) in [5.41, 5.74) is 10.3.